The molecule has 2 fully saturated rings. The lowest BCUT2D eigenvalue weighted by molar-refractivity contribution is -0.134. The number of carbonyl (C=O) groups is 1. The highest BCUT2D eigenvalue weighted by atomic mass is 35.5. The maximum absolute atomic E-state index is 12.6. The van der Waals surface area contributed by atoms with Crippen LogP contribution in [0.1, 0.15) is 37.2 Å². The second-order valence-electron chi connectivity index (χ2n) is 6.66. The van der Waals surface area contributed by atoms with Gasteiger partial charge in [0.2, 0.25) is 5.91 Å². The molecule has 1 aliphatic heterocycles. The van der Waals surface area contributed by atoms with Crippen LogP contribution in [0.25, 0.3) is 0 Å². The Morgan fingerprint density at radius 3 is 2.74 bits per heavy atom. The van der Waals surface area contributed by atoms with Crippen LogP contribution in [0.5, 0.6) is 0 Å². The number of benzene rings is 1. The van der Waals surface area contributed by atoms with E-state index in [1.807, 2.05) is 25.2 Å². The average Bonchev–Trinajstić information content (AvgIpc) is 3.33. The summed E-state index contributed by atoms with van der Waals surface area (Å²) in [6.45, 7) is 2.95. The highest BCUT2D eigenvalue weighted by Gasteiger charge is 2.46. The molecule has 0 aromatic heterocycles. The zero-order valence-electron chi connectivity index (χ0n) is 13.6. The molecule has 1 heterocycles. The molecule has 2 aliphatic rings. The van der Waals surface area contributed by atoms with E-state index in [0.29, 0.717) is 11.8 Å². The molecule has 1 aliphatic carbocycles. The van der Waals surface area contributed by atoms with E-state index in [1.54, 1.807) is 0 Å². The number of rotatable bonds is 5. The summed E-state index contributed by atoms with van der Waals surface area (Å²) < 4.78 is 0. The highest BCUT2D eigenvalue weighted by Crippen LogP contribution is 2.49. The van der Waals surface area contributed by atoms with Crippen LogP contribution in [-0.2, 0) is 4.79 Å². The molecule has 0 bridgehead atoms. The molecule has 128 valence electrons. The number of nitrogens with one attached hydrogen (secondary N) is 1. The molecular weight excluding hydrogens is 331 g/mol. The van der Waals surface area contributed by atoms with Crippen molar-refractivity contribution in [2.75, 3.05) is 26.7 Å². The molecule has 1 N–H and O–H groups in total. The third-order valence-electron chi connectivity index (χ3n) is 5.11. The van der Waals surface area contributed by atoms with Gasteiger partial charge < -0.3 is 10.2 Å². The van der Waals surface area contributed by atoms with Gasteiger partial charge in [0, 0.05) is 24.0 Å². The number of hydrogen-bond acceptors (Lipinski definition) is 2. The number of hydrogen-bond donors (Lipinski definition) is 1. The summed E-state index contributed by atoms with van der Waals surface area (Å²) in [6, 6.07) is 7.96. The largest absolute Gasteiger partial charge is 0.342 e. The van der Waals surface area contributed by atoms with E-state index in [2.05, 4.69) is 16.3 Å². The van der Waals surface area contributed by atoms with Crippen molar-refractivity contribution in [2.24, 2.45) is 11.8 Å². The van der Waals surface area contributed by atoms with Crippen LogP contribution in [0.3, 0.4) is 0 Å². The minimum absolute atomic E-state index is 0. The summed E-state index contributed by atoms with van der Waals surface area (Å²) in [4.78, 5) is 14.7. The first-order valence-electron chi connectivity index (χ1n) is 8.38. The van der Waals surface area contributed by atoms with Crippen molar-refractivity contribution < 1.29 is 4.79 Å². The number of likely N-dealkylation sites (tertiary alicyclic amines) is 1. The van der Waals surface area contributed by atoms with Crippen molar-refractivity contribution in [2.45, 2.75) is 31.6 Å². The second-order valence-corrected chi connectivity index (χ2v) is 7.10. The topological polar surface area (TPSA) is 32.3 Å². The van der Waals surface area contributed by atoms with Crippen LogP contribution < -0.4 is 5.32 Å². The Hall–Kier alpha value is -0.770. The zero-order valence-corrected chi connectivity index (χ0v) is 15.2. The Balaban J connectivity index is 0.00000192. The molecule has 3 rings (SSSR count). The summed E-state index contributed by atoms with van der Waals surface area (Å²) >= 11 is 6.05. The van der Waals surface area contributed by atoms with Crippen LogP contribution >= 0.6 is 24.0 Å². The van der Waals surface area contributed by atoms with Gasteiger partial charge in [-0.1, -0.05) is 23.7 Å². The van der Waals surface area contributed by atoms with Crippen molar-refractivity contribution in [1.29, 1.82) is 0 Å². The van der Waals surface area contributed by atoms with Crippen LogP contribution in [0.15, 0.2) is 24.3 Å². The second kappa shape index (κ2) is 8.36. The van der Waals surface area contributed by atoms with Gasteiger partial charge in [0.05, 0.1) is 0 Å². The van der Waals surface area contributed by atoms with Gasteiger partial charge in [-0.05, 0) is 68.8 Å². The number of amides is 1. The van der Waals surface area contributed by atoms with E-state index in [9.17, 15) is 4.79 Å². The number of nitrogens with zero attached hydrogens (tertiary/aromatic N) is 1. The molecule has 0 radical (unpaired) electrons. The Kier molecular flexibility index (Phi) is 6.75. The molecule has 5 heteroatoms. The van der Waals surface area contributed by atoms with Crippen molar-refractivity contribution in [3.63, 3.8) is 0 Å². The first-order chi connectivity index (χ1) is 10.7. The number of carbonyl (C=O) groups excluding carboxylic acids is 1. The van der Waals surface area contributed by atoms with Crippen LogP contribution in [0.4, 0.5) is 0 Å². The monoisotopic (exact) mass is 356 g/mol. The fourth-order valence-corrected chi connectivity index (χ4v) is 3.80. The molecule has 1 saturated carbocycles. The van der Waals surface area contributed by atoms with Gasteiger partial charge in [-0.2, -0.15) is 0 Å². The molecule has 0 spiro atoms. The van der Waals surface area contributed by atoms with Gasteiger partial charge in [-0.3, -0.25) is 4.79 Å². The fraction of sp³-hybridized carbons (Fsp3) is 0.611. The fourth-order valence-electron chi connectivity index (χ4n) is 3.60. The first kappa shape index (κ1) is 18.6. The molecule has 23 heavy (non-hydrogen) atoms. The van der Waals surface area contributed by atoms with Crippen molar-refractivity contribution in [1.82, 2.24) is 10.2 Å². The van der Waals surface area contributed by atoms with E-state index in [-0.39, 0.29) is 18.3 Å². The Morgan fingerprint density at radius 1 is 1.35 bits per heavy atom. The van der Waals surface area contributed by atoms with E-state index in [1.165, 1.54) is 12.0 Å². The third kappa shape index (κ3) is 4.62. The summed E-state index contributed by atoms with van der Waals surface area (Å²) in [5.41, 5.74) is 1.22. The van der Waals surface area contributed by atoms with Crippen molar-refractivity contribution in [3.05, 3.63) is 34.9 Å². The Bertz CT molecular complexity index is 530. The maximum Gasteiger partial charge on any atom is 0.226 e. The maximum atomic E-state index is 12.6. The third-order valence-corrected chi connectivity index (χ3v) is 5.35. The van der Waals surface area contributed by atoms with E-state index in [4.69, 9.17) is 11.6 Å². The summed E-state index contributed by atoms with van der Waals surface area (Å²) in [5, 5.41) is 3.98. The predicted octanol–water partition coefficient (Wildman–Crippen LogP) is 3.71. The van der Waals surface area contributed by atoms with Gasteiger partial charge in [0.15, 0.2) is 0 Å². The quantitative estimate of drug-likeness (QED) is 0.871. The van der Waals surface area contributed by atoms with Crippen LogP contribution in [0.2, 0.25) is 5.02 Å². The van der Waals surface area contributed by atoms with Gasteiger partial charge >= 0.3 is 0 Å². The summed E-state index contributed by atoms with van der Waals surface area (Å²) in [6.07, 6.45) is 4.52. The summed E-state index contributed by atoms with van der Waals surface area (Å²) in [5.74, 6) is 1.71. The average molecular weight is 357 g/mol. The lowest BCUT2D eigenvalue weighted by Crippen LogP contribution is -2.40. The first-order valence-corrected chi connectivity index (χ1v) is 8.75. The molecule has 3 nitrogen and oxygen atoms in total. The SMILES string of the molecule is CNCCC1CCN(C(=O)C2CC2c2cccc(Cl)c2)CC1.Cl. The zero-order chi connectivity index (χ0) is 15.5. The molecule has 2 unspecified atom stereocenters. The van der Waals surface area contributed by atoms with Crippen LogP contribution in [0, 0.1) is 11.8 Å². The Morgan fingerprint density at radius 2 is 2.09 bits per heavy atom. The molecule has 2 atom stereocenters. The predicted molar refractivity (Wildman–Crippen MR) is 97.4 cm³/mol. The van der Waals surface area contributed by atoms with Crippen molar-refractivity contribution >= 4 is 29.9 Å². The Labute approximate surface area is 150 Å². The van der Waals surface area contributed by atoms with E-state index < -0.39 is 0 Å². The number of halogens is 2. The molecule has 1 amide bonds. The summed E-state index contributed by atoms with van der Waals surface area (Å²) in [7, 11) is 2.00. The lowest BCUT2D eigenvalue weighted by atomic mass is 9.93. The molecule has 1 saturated heterocycles. The van der Waals surface area contributed by atoms with Gasteiger partial charge in [0.25, 0.3) is 0 Å². The minimum Gasteiger partial charge on any atom is -0.342 e. The smallest absolute Gasteiger partial charge is 0.226 e. The number of piperidine rings is 1. The lowest BCUT2D eigenvalue weighted by Gasteiger charge is -2.32. The molecule has 1 aromatic carbocycles. The minimum atomic E-state index is 0. The molecule has 1 aromatic rings. The van der Waals surface area contributed by atoms with Gasteiger partial charge in [-0.15, -0.1) is 12.4 Å². The highest BCUT2D eigenvalue weighted by molar-refractivity contribution is 6.30. The van der Waals surface area contributed by atoms with Gasteiger partial charge in [-0.25, -0.2) is 0 Å². The normalized spacial score (nSPS) is 24.2. The van der Waals surface area contributed by atoms with Gasteiger partial charge in [0.1, 0.15) is 0 Å². The van der Waals surface area contributed by atoms with Crippen molar-refractivity contribution in [3.8, 4) is 0 Å². The van der Waals surface area contributed by atoms with E-state index in [0.717, 1.165) is 49.8 Å². The van der Waals surface area contributed by atoms with E-state index >= 15 is 0 Å². The molecular formula is C18H26Cl2N2O. The standard InChI is InChI=1S/C18H25ClN2O.ClH/c1-20-8-5-13-6-9-21(10-7-13)18(22)17-12-16(17)14-3-2-4-15(19)11-14;/h2-4,11,13,16-17,20H,5-10,12H2,1H3;1H. The van der Waals surface area contributed by atoms with Crippen LogP contribution in [-0.4, -0.2) is 37.5 Å².